The molecule has 20 heavy (non-hydrogen) atoms. The first-order chi connectivity index (χ1) is 9.71. The summed E-state index contributed by atoms with van der Waals surface area (Å²) < 4.78 is 16.2. The van der Waals surface area contributed by atoms with Crippen LogP contribution in [0, 0.1) is 0 Å². The van der Waals surface area contributed by atoms with Gasteiger partial charge in [-0.15, -0.1) is 0 Å². The Morgan fingerprint density at radius 1 is 1.05 bits per heavy atom. The minimum absolute atomic E-state index is 0.574. The Bertz CT molecular complexity index is 378. The maximum absolute atomic E-state index is 5.72. The summed E-state index contributed by atoms with van der Waals surface area (Å²) in [4.78, 5) is 0. The summed E-state index contributed by atoms with van der Waals surface area (Å²) in [5, 5.41) is 3.42. The summed E-state index contributed by atoms with van der Waals surface area (Å²) in [6.45, 7) is 2.30. The van der Waals surface area contributed by atoms with E-state index in [2.05, 4.69) is 17.4 Å². The number of hydrogen-bond donors (Lipinski definition) is 2. The van der Waals surface area contributed by atoms with Crippen LogP contribution in [0.15, 0.2) is 24.3 Å². The van der Waals surface area contributed by atoms with Crippen molar-refractivity contribution in [3.8, 4) is 0 Å². The monoisotopic (exact) mass is 298 g/mol. The molecule has 0 atom stereocenters. The molecule has 0 saturated heterocycles. The molecule has 3 N–H and O–H groups in total. The normalized spacial score (nSPS) is 11.8. The molecule has 0 amide bonds. The number of rotatable bonds is 10. The molecule has 0 radical (unpaired) electrons. The maximum atomic E-state index is 5.72. The molecule has 0 aromatic heterocycles. The van der Waals surface area contributed by atoms with Crippen molar-refractivity contribution in [2.75, 3.05) is 27.9 Å². The lowest BCUT2D eigenvalue weighted by Gasteiger charge is -2.24. The van der Waals surface area contributed by atoms with Crippen LogP contribution in [0.4, 0.5) is 0 Å². The lowest BCUT2D eigenvalue weighted by molar-refractivity contribution is 0.123. The zero-order valence-electron chi connectivity index (χ0n) is 12.6. The summed E-state index contributed by atoms with van der Waals surface area (Å²) in [6.07, 6.45) is 0.951. The summed E-state index contributed by atoms with van der Waals surface area (Å²) in [7, 11) is 2.50. The Hall–Kier alpha value is -0.763. The van der Waals surface area contributed by atoms with Crippen molar-refractivity contribution in [2.45, 2.75) is 25.6 Å². The summed E-state index contributed by atoms with van der Waals surface area (Å²) >= 11 is 0. The Kier molecular flexibility index (Phi) is 7.97. The minimum atomic E-state index is -2.42. The number of nitrogens with one attached hydrogen (secondary N) is 1. The van der Waals surface area contributed by atoms with E-state index in [1.54, 1.807) is 21.3 Å². The fourth-order valence-electron chi connectivity index (χ4n) is 2.14. The van der Waals surface area contributed by atoms with Gasteiger partial charge in [0, 0.05) is 40.5 Å². The molecule has 1 aromatic rings. The van der Waals surface area contributed by atoms with E-state index >= 15 is 0 Å². The molecule has 0 aliphatic rings. The van der Waals surface area contributed by atoms with Crippen molar-refractivity contribution in [1.82, 2.24) is 5.32 Å². The third kappa shape index (κ3) is 4.97. The average molecular weight is 298 g/mol. The molecule has 0 spiro atoms. The van der Waals surface area contributed by atoms with E-state index in [0.29, 0.717) is 6.54 Å². The van der Waals surface area contributed by atoms with E-state index in [-0.39, 0.29) is 0 Å². The molecule has 0 unspecified atom stereocenters. The largest absolute Gasteiger partial charge is 0.500 e. The summed E-state index contributed by atoms with van der Waals surface area (Å²) in [5.74, 6) is 0. The van der Waals surface area contributed by atoms with Gasteiger partial charge in [-0.2, -0.15) is 0 Å². The predicted octanol–water partition coefficient (Wildman–Crippen LogP) is 1.50. The van der Waals surface area contributed by atoms with Gasteiger partial charge in [-0.25, -0.2) is 0 Å². The van der Waals surface area contributed by atoms with Crippen LogP contribution < -0.4 is 11.1 Å². The highest BCUT2D eigenvalue weighted by Crippen LogP contribution is 2.14. The van der Waals surface area contributed by atoms with Gasteiger partial charge in [0.1, 0.15) is 0 Å². The van der Waals surface area contributed by atoms with Crippen LogP contribution in [0.3, 0.4) is 0 Å². The van der Waals surface area contributed by atoms with Gasteiger partial charge in [0.15, 0.2) is 0 Å². The number of hydrogen-bond acceptors (Lipinski definition) is 5. The van der Waals surface area contributed by atoms with Gasteiger partial charge in [-0.1, -0.05) is 24.3 Å². The van der Waals surface area contributed by atoms with E-state index in [1.807, 2.05) is 12.1 Å². The van der Waals surface area contributed by atoms with Crippen LogP contribution in [0.25, 0.3) is 0 Å². The molecule has 0 heterocycles. The first-order valence-electron chi connectivity index (χ1n) is 6.84. The Balaban J connectivity index is 2.31. The van der Waals surface area contributed by atoms with Crippen LogP contribution >= 0.6 is 0 Å². The second-order valence-corrected chi connectivity index (χ2v) is 7.64. The maximum Gasteiger partial charge on any atom is 0.500 e. The lowest BCUT2D eigenvalue weighted by Crippen LogP contribution is -2.43. The minimum Gasteiger partial charge on any atom is -0.377 e. The van der Waals surface area contributed by atoms with E-state index in [4.69, 9.17) is 19.0 Å². The van der Waals surface area contributed by atoms with Crippen molar-refractivity contribution in [3.05, 3.63) is 35.4 Å². The van der Waals surface area contributed by atoms with E-state index in [0.717, 1.165) is 25.6 Å². The Labute approximate surface area is 122 Å². The topological polar surface area (TPSA) is 65.7 Å². The second kappa shape index (κ2) is 9.22. The molecule has 0 bridgehead atoms. The first kappa shape index (κ1) is 17.3. The molecule has 0 aliphatic heterocycles. The average Bonchev–Trinajstić information content (AvgIpc) is 2.52. The molecule has 6 heteroatoms. The number of benzene rings is 1. The third-order valence-electron chi connectivity index (χ3n) is 3.42. The van der Waals surface area contributed by atoms with Gasteiger partial charge in [0.05, 0.1) is 0 Å². The predicted molar refractivity (Wildman–Crippen MR) is 82.2 cm³/mol. The van der Waals surface area contributed by atoms with Crippen molar-refractivity contribution in [1.29, 1.82) is 0 Å². The van der Waals surface area contributed by atoms with Crippen molar-refractivity contribution in [3.63, 3.8) is 0 Å². The summed E-state index contributed by atoms with van der Waals surface area (Å²) in [5.41, 5.74) is 8.16. The van der Waals surface area contributed by atoms with E-state index in [9.17, 15) is 0 Å². The zero-order chi connectivity index (χ0) is 14.8. The molecule has 1 rings (SSSR count). The van der Waals surface area contributed by atoms with Gasteiger partial charge in [0.2, 0.25) is 0 Å². The van der Waals surface area contributed by atoms with E-state index in [1.165, 1.54) is 11.1 Å². The summed E-state index contributed by atoms with van der Waals surface area (Å²) in [6, 6.07) is 9.03. The van der Waals surface area contributed by atoms with Crippen LogP contribution in [0.1, 0.15) is 17.5 Å². The van der Waals surface area contributed by atoms with Crippen LogP contribution in [-0.4, -0.2) is 36.7 Å². The van der Waals surface area contributed by atoms with Gasteiger partial charge in [-0.05, 0) is 24.1 Å². The third-order valence-corrected chi connectivity index (χ3v) is 6.26. The van der Waals surface area contributed by atoms with Gasteiger partial charge < -0.3 is 24.3 Å². The zero-order valence-corrected chi connectivity index (χ0v) is 13.6. The molecular formula is C14H26N2O3Si. The second-order valence-electron chi connectivity index (χ2n) is 4.55. The van der Waals surface area contributed by atoms with Gasteiger partial charge >= 0.3 is 8.80 Å². The highest BCUT2D eigenvalue weighted by atomic mass is 28.4. The molecule has 0 aliphatic carbocycles. The molecule has 0 saturated carbocycles. The van der Waals surface area contributed by atoms with Crippen LogP contribution in [-0.2, 0) is 26.4 Å². The van der Waals surface area contributed by atoms with Crippen LogP contribution in [0.5, 0.6) is 0 Å². The van der Waals surface area contributed by atoms with Crippen molar-refractivity contribution in [2.24, 2.45) is 5.73 Å². The smallest absolute Gasteiger partial charge is 0.377 e. The fraction of sp³-hybridized carbons (Fsp3) is 0.571. The SMILES string of the molecule is CO[Si](CCCNCc1ccccc1CN)(OC)OC. The lowest BCUT2D eigenvalue weighted by atomic mass is 10.1. The van der Waals surface area contributed by atoms with Crippen molar-refractivity contribution < 1.29 is 13.3 Å². The highest BCUT2D eigenvalue weighted by Gasteiger charge is 2.36. The van der Waals surface area contributed by atoms with Gasteiger partial charge in [0.25, 0.3) is 0 Å². The first-order valence-corrected chi connectivity index (χ1v) is 8.77. The Morgan fingerprint density at radius 2 is 1.65 bits per heavy atom. The Morgan fingerprint density at radius 3 is 2.20 bits per heavy atom. The van der Waals surface area contributed by atoms with Crippen LogP contribution in [0.2, 0.25) is 6.04 Å². The highest BCUT2D eigenvalue weighted by molar-refractivity contribution is 6.60. The molecular weight excluding hydrogens is 272 g/mol. The quantitative estimate of drug-likeness (QED) is 0.506. The molecule has 5 nitrogen and oxygen atoms in total. The standard InChI is InChI=1S/C14H26N2O3Si/c1-17-20(18-2,19-3)10-6-9-16-12-14-8-5-4-7-13(14)11-15/h4-5,7-8,16H,6,9-12,15H2,1-3H3. The number of nitrogens with two attached hydrogens (primary N) is 1. The molecule has 114 valence electrons. The molecule has 0 fully saturated rings. The van der Waals surface area contributed by atoms with Crippen molar-refractivity contribution >= 4 is 8.80 Å². The fourth-order valence-corrected chi connectivity index (χ4v) is 3.86. The van der Waals surface area contributed by atoms with E-state index < -0.39 is 8.80 Å². The van der Waals surface area contributed by atoms with Gasteiger partial charge in [-0.3, -0.25) is 0 Å². The molecule has 1 aromatic carbocycles.